The van der Waals surface area contributed by atoms with E-state index in [0.717, 1.165) is 42.2 Å². The van der Waals surface area contributed by atoms with Crippen molar-refractivity contribution in [3.05, 3.63) is 60.0 Å². The van der Waals surface area contributed by atoms with Crippen LogP contribution in [-0.4, -0.2) is 15.6 Å². The van der Waals surface area contributed by atoms with Crippen LogP contribution in [0, 0.1) is 11.7 Å². The number of Topliss-reactive ketones (excluding diaryl/α,β-unsaturated/α-hetero) is 1. The maximum Gasteiger partial charge on any atom is 0.200 e. The minimum Gasteiger partial charge on any atom is -0.297 e. The van der Waals surface area contributed by atoms with E-state index in [-0.39, 0.29) is 16.7 Å². The number of aryl methyl sites for hydroxylation is 1. The first-order valence-corrected chi connectivity index (χ1v) is 9.01. The van der Waals surface area contributed by atoms with Gasteiger partial charge in [-0.15, -0.1) is 0 Å². The number of allylic oxidation sites excluding steroid dienone is 2. The molecule has 0 saturated carbocycles. The Morgan fingerprint density at radius 2 is 1.96 bits per heavy atom. The minimum atomic E-state index is -0.767. The number of halogens is 1. The Labute approximate surface area is 147 Å². The molecule has 4 heteroatoms. The summed E-state index contributed by atoms with van der Waals surface area (Å²) in [6, 6.07) is 6.46. The van der Waals surface area contributed by atoms with Crippen molar-refractivity contribution in [2.24, 2.45) is 5.92 Å². The molecule has 0 spiro atoms. The molecule has 24 heavy (non-hydrogen) atoms. The van der Waals surface area contributed by atoms with Crippen LogP contribution in [0.3, 0.4) is 0 Å². The zero-order valence-electron chi connectivity index (χ0n) is 14.2. The Kier molecular flexibility index (Phi) is 6.16. The number of ketones is 1. The lowest BCUT2D eigenvalue weighted by atomic mass is 9.89. The average molecular weight is 346 g/mol. The Balaban J connectivity index is 1.88. The SMILES string of the molecule is C=CC(C)=CC1(C)SC(=O)C(CCCCc2ccc(F)cc2)C1=O. The first-order valence-electron chi connectivity index (χ1n) is 8.19. The lowest BCUT2D eigenvalue weighted by molar-refractivity contribution is -0.127. The van der Waals surface area contributed by atoms with Crippen LogP contribution >= 0.6 is 11.8 Å². The van der Waals surface area contributed by atoms with Gasteiger partial charge in [0.05, 0.1) is 10.7 Å². The van der Waals surface area contributed by atoms with Gasteiger partial charge in [-0.2, -0.15) is 0 Å². The molecule has 1 aliphatic heterocycles. The quantitative estimate of drug-likeness (QED) is 0.400. The van der Waals surface area contributed by atoms with Crippen LogP contribution in [0.5, 0.6) is 0 Å². The summed E-state index contributed by atoms with van der Waals surface area (Å²) in [6.45, 7) is 7.38. The van der Waals surface area contributed by atoms with Gasteiger partial charge in [-0.05, 0) is 50.8 Å². The molecule has 0 aliphatic carbocycles. The minimum absolute atomic E-state index is 0.000446. The summed E-state index contributed by atoms with van der Waals surface area (Å²) in [5.41, 5.74) is 1.98. The van der Waals surface area contributed by atoms with Crippen molar-refractivity contribution in [2.75, 3.05) is 0 Å². The van der Waals surface area contributed by atoms with Gasteiger partial charge in [0.25, 0.3) is 0 Å². The second-order valence-corrected chi connectivity index (χ2v) is 7.86. The molecule has 0 radical (unpaired) electrons. The van der Waals surface area contributed by atoms with Gasteiger partial charge >= 0.3 is 0 Å². The number of benzene rings is 1. The van der Waals surface area contributed by atoms with Gasteiger partial charge in [-0.1, -0.05) is 54.6 Å². The predicted octanol–water partition coefficient (Wildman–Crippen LogP) is 4.89. The number of rotatable bonds is 7. The van der Waals surface area contributed by atoms with Gasteiger partial charge in [-0.3, -0.25) is 9.59 Å². The van der Waals surface area contributed by atoms with Gasteiger partial charge < -0.3 is 0 Å². The molecule has 1 aromatic carbocycles. The molecule has 1 fully saturated rings. The molecule has 1 heterocycles. The topological polar surface area (TPSA) is 34.1 Å². The molecule has 2 atom stereocenters. The van der Waals surface area contributed by atoms with E-state index in [1.165, 1.54) is 12.1 Å². The lowest BCUT2D eigenvalue weighted by Gasteiger charge is -2.16. The summed E-state index contributed by atoms with van der Waals surface area (Å²) < 4.78 is 12.1. The molecular weight excluding hydrogens is 323 g/mol. The van der Waals surface area contributed by atoms with Crippen molar-refractivity contribution < 1.29 is 14.0 Å². The Bertz CT molecular complexity index is 663. The number of carbonyl (C=O) groups excluding carboxylic acids is 2. The summed E-state index contributed by atoms with van der Waals surface area (Å²) in [5.74, 6) is -0.748. The monoisotopic (exact) mass is 346 g/mol. The van der Waals surface area contributed by atoms with E-state index in [9.17, 15) is 14.0 Å². The van der Waals surface area contributed by atoms with Crippen molar-refractivity contribution in [3.63, 3.8) is 0 Å². The average Bonchev–Trinajstić information content (AvgIpc) is 2.75. The smallest absolute Gasteiger partial charge is 0.200 e. The molecule has 1 aromatic rings. The van der Waals surface area contributed by atoms with Crippen LogP contribution in [0.15, 0.2) is 48.6 Å². The van der Waals surface area contributed by atoms with Crippen LogP contribution < -0.4 is 0 Å². The summed E-state index contributed by atoms with van der Waals surface area (Å²) >= 11 is 1.13. The van der Waals surface area contributed by atoms with Crippen LogP contribution in [0.4, 0.5) is 4.39 Å². The van der Waals surface area contributed by atoms with Crippen LogP contribution in [-0.2, 0) is 16.0 Å². The molecule has 128 valence electrons. The van der Waals surface area contributed by atoms with Crippen molar-refractivity contribution in [1.29, 1.82) is 0 Å². The van der Waals surface area contributed by atoms with Crippen molar-refractivity contribution in [2.45, 2.75) is 44.3 Å². The molecule has 0 aromatic heterocycles. The number of thioether (sulfide) groups is 1. The van der Waals surface area contributed by atoms with E-state index in [4.69, 9.17) is 0 Å². The number of hydrogen-bond acceptors (Lipinski definition) is 3. The summed E-state index contributed by atoms with van der Waals surface area (Å²) in [4.78, 5) is 24.8. The van der Waals surface area contributed by atoms with Crippen LogP contribution in [0.1, 0.15) is 38.7 Å². The van der Waals surface area contributed by atoms with Gasteiger partial charge in [0.1, 0.15) is 5.82 Å². The second-order valence-electron chi connectivity index (χ2n) is 6.41. The molecule has 2 rings (SSSR count). The van der Waals surface area contributed by atoms with E-state index in [2.05, 4.69) is 6.58 Å². The number of hydrogen-bond donors (Lipinski definition) is 0. The maximum absolute atomic E-state index is 12.9. The highest BCUT2D eigenvalue weighted by Gasteiger charge is 2.48. The fourth-order valence-electron chi connectivity index (χ4n) is 2.95. The molecule has 2 unspecified atom stereocenters. The first kappa shape index (κ1) is 18.7. The van der Waals surface area contributed by atoms with Gasteiger partial charge in [0.2, 0.25) is 5.12 Å². The zero-order chi connectivity index (χ0) is 17.7. The zero-order valence-corrected chi connectivity index (χ0v) is 15.0. The molecule has 1 saturated heterocycles. The molecule has 0 amide bonds. The normalized spacial score (nSPS) is 24.5. The van der Waals surface area contributed by atoms with E-state index in [1.54, 1.807) is 18.2 Å². The van der Waals surface area contributed by atoms with E-state index in [0.29, 0.717) is 6.42 Å². The van der Waals surface area contributed by atoms with Gasteiger partial charge in [0.15, 0.2) is 5.78 Å². The molecule has 2 nitrogen and oxygen atoms in total. The standard InChI is InChI=1S/C20H23FO2S/c1-4-14(2)13-20(3)18(22)17(19(23)24-20)8-6-5-7-15-9-11-16(21)12-10-15/h4,9-13,17H,1,5-8H2,2-3H3. The van der Waals surface area contributed by atoms with Crippen molar-refractivity contribution >= 4 is 22.7 Å². The van der Waals surface area contributed by atoms with Crippen molar-refractivity contribution in [3.8, 4) is 0 Å². The summed E-state index contributed by atoms with van der Waals surface area (Å²) in [7, 11) is 0. The fraction of sp³-hybridized carbons (Fsp3) is 0.400. The van der Waals surface area contributed by atoms with Crippen molar-refractivity contribution in [1.82, 2.24) is 0 Å². The molecule has 0 bridgehead atoms. The largest absolute Gasteiger partial charge is 0.297 e. The van der Waals surface area contributed by atoms with Crippen LogP contribution in [0.25, 0.3) is 0 Å². The van der Waals surface area contributed by atoms with Gasteiger partial charge in [-0.25, -0.2) is 4.39 Å². The molecule has 0 N–H and O–H groups in total. The van der Waals surface area contributed by atoms with Gasteiger partial charge in [0, 0.05) is 0 Å². The number of unbranched alkanes of at least 4 members (excludes halogenated alkanes) is 1. The Hall–Kier alpha value is -1.68. The number of carbonyl (C=O) groups is 2. The first-order chi connectivity index (χ1) is 11.4. The summed E-state index contributed by atoms with van der Waals surface area (Å²) in [5, 5.41) is -0.0302. The second kappa shape index (κ2) is 7.93. The third-order valence-electron chi connectivity index (χ3n) is 4.35. The highest BCUT2D eigenvalue weighted by Crippen LogP contribution is 2.43. The van der Waals surface area contributed by atoms with E-state index >= 15 is 0 Å². The molecular formula is C20H23FO2S. The van der Waals surface area contributed by atoms with E-state index < -0.39 is 10.7 Å². The Morgan fingerprint density at radius 1 is 1.29 bits per heavy atom. The van der Waals surface area contributed by atoms with E-state index in [1.807, 2.05) is 19.9 Å². The van der Waals surface area contributed by atoms with Crippen LogP contribution in [0.2, 0.25) is 0 Å². The molecule has 1 aliphatic rings. The lowest BCUT2D eigenvalue weighted by Crippen LogP contribution is -2.28. The fourth-order valence-corrected chi connectivity index (χ4v) is 4.23. The Morgan fingerprint density at radius 3 is 2.58 bits per heavy atom. The highest BCUT2D eigenvalue weighted by molar-refractivity contribution is 8.16. The predicted molar refractivity (Wildman–Crippen MR) is 97.4 cm³/mol. The highest BCUT2D eigenvalue weighted by atomic mass is 32.2. The maximum atomic E-state index is 12.9. The summed E-state index contributed by atoms with van der Waals surface area (Å²) in [6.07, 6.45) is 6.63. The third-order valence-corrected chi connectivity index (χ3v) is 5.58. The third kappa shape index (κ3) is 4.44.